The van der Waals surface area contributed by atoms with E-state index in [1.54, 1.807) is 18.2 Å². The van der Waals surface area contributed by atoms with Gasteiger partial charge in [-0.1, -0.05) is 18.5 Å². The summed E-state index contributed by atoms with van der Waals surface area (Å²) in [5.74, 6) is 1.02. The van der Waals surface area contributed by atoms with Crippen LogP contribution < -0.4 is 11.1 Å². The maximum absolute atomic E-state index is 12.3. The van der Waals surface area contributed by atoms with Crippen molar-refractivity contribution in [3.05, 3.63) is 23.2 Å². The monoisotopic (exact) mass is 313 g/mol. The Hall–Kier alpha value is -0.910. The number of anilines is 2. The standard InChI is InChI=1S/C14H20ClN3OS/c1-9-8-18(5-6-20-9)10(2)14(19)17-13-7-11(15)3-4-12(13)16/h3-4,7,9-10H,5-6,8,16H2,1-2H3,(H,17,19). The normalized spacial score (nSPS) is 21.4. The summed E-state index contributed by atoms with van der Waals surface area (Å²) in [7, 11) is 0. The number of rotatable bonds is 3. The molecule has 0 bridgehead atoms. The Morgan fingerprint density at radius 2 is 2.35 bits per heavy atom. The first-order valence-electron chi connectivity index (χ1n) is 6.69. The number of halogens is 1. The van der Waals surface area contributed by atoms with E-state index < -0.39 is 0 Å². The van der Waals surface area contributed by atoms with Crippen LogP contribution in [0.5, 0.6) is 0 Å². The van der Waals surface area contributed by atoms with Crippen LogP contribution in [-0.4, -0.2) is 40.9 Å². The molecule has 1 aliphatic heterocycles. The first-order chi connectivity index (χ1) is 9.47. The number of nitrogens with zero attached hydrogens (tertiary/aromatic N) is 1. The zero-order valence-electron chi connectivity index (χ0n) is 11.7. The topological polar surface area (TPSA) is 58.4 Å². The summed E-state index contributed by atoms with van der Waals surface area (Å²) < 4.78 is 0. The highest BCUT2D eigenvalue weighted by atomic mass is 35.5. The largest absolute Gasteiger partial charge is 0.397 e. The summed E-state index contributed by atoms with van der Waals surface area (Å²) >= 11 is 7.88. The van der Waals surface area contributed by atoms with Gasteiger partial charge in [-0.05, 0) is 25.1 Å². The number of hydrogen-bond donors (Lipinski definition) is 2. The quantitative estimate of drug-likeness (QED) is 0.842. The predicted molar refractivity (Wildman–Crippen MR) is 87.4 cm³/mol. The molecule has 4 nitrogen and oxygen atoms in total. The van der Waals surface area contributed by atoms with Gasteiger partial charge in [0.05, 0.1) is 17.4 Å². The molecule has 110 valence electrons. The molecule has 3 N–H and O–H groups in total. The molecule has 0 saturated carbocycles. The van der Waals surface area contributed by atoms with Gasteiger partial charge in [0.25, 0.3) is 0 Å². The smallest absolute Gasteiger partial charge is 0.241 e. The molecule has 20 heavy (non-hydrogen) atoms. The Morgan fingerprint density at radius 3 is 3.05 bits per heavy atom. The van der Waals surface area contributed by atoms with E-state index in [1.165, 1.54) is 0 Å². The van der Waals surface area contributed by atoms with E-state index in [9.17, 15) is 4.79 Å². The van der Waals surface area contributed by atoms with E-state index >= 15 is 0 Å². The highest BCUT2D eigenvalue weighted by Crippen LogP contribution is 2.24. The molecule has 2 unspecified atom stereocenters. The molecule has 0 radical (unpaired) electrons. The summed E-state index contributed by atoms with van der Waals surface area (Å²) in [6.45, 7) is 5.99. The van der Waals surface area contributed by atoms with Crippen molar-refractivity contribution in [3.63, 3.8) is 0 Å². The number of carbonyl (C=O) groups excluding carboxylic acids is 1. The second kappa shape index (κ2) is 6.70. The molecular weight excluding hydrogens is 294 g/mol. The first-order valence-corrected chi connectivity index (χ1v) is 8.11. The van der Waals surface area contributed by atoms with Crippen LogP contribution in [-0.2, 0) is 4.79 Å². The van der Waals surface area contributed by atoms with Gasteiger partial charge in [0, 0.05) is 29.1 Å². The third-order valence-corrected chi connectivity index (χ3v) is 4.84. The lowest BCUT2D eigenvalue weighted by Gasteiger charge is -2.34. The number of amides is 1. The van der Waals surface area contributed by atoms with Gasteiger partial charge >= 0.3 is 0 Å². The predicted octanol–water partition coefficient (Wildman–Crippen LogP) is 2.69. The van der Waals surface area contributed by atoms with Gasteiger partial charge in [-0.25, -0.2) is 0 Å². The fraction of sp³-hybridized carbons (Fsp3) is 0.500. The van der Waals surface area contributed by atoms with E-state index in [0.717, 1.165) is 18.8 Å². The Bertz CT molecular complexity index is 497. The van der Waals surface area contributed by atoms with Crippen molar-refractivity contribution in [1.29, 1.82) is 0 Å². The third-order valence-electron chi connectivity index (χ3n) is 3.47. The molecule has 0 aromatic heterocycles. The van der Waals surface area contributed by atoms with Gasteiger partial charge in [-0.2, -0.15) is 11.8 Å². The number of nitrogens with two attached hydrogens (primary N) is 1. The summed E-state index contributed by atoms with van der Waals surface area (Å²) in [6.07, 6.45) is 0. The number of nitrogen functional groups attached to an aromatic ring is 1. The van der Waals surface area contributed by atoms with Crippen LogP contribution in [0.15, 0.2) is 18.2 Å². The van der Waals surface area contributed by atoms with Crippen molar-refractivity contribution < 1.29 is 4.79 Å². The maximum atomic E-state index is 12.3. The van der Waals surface area contributed by atoms with Gasteiger partial charge in [0.15, 0.2) is 0 Å². The van der Waals surface area contributed by atoms with Gasteiger partial charge in [-0.3, -0.25) is 9.69 Å². The Kier molecular flexibility index (Phi) is 5.18. The number of thioether (sulfide) groups is 1. The van der Waals surface area contributed by atoms with Crippen LogP contribution in [0.25, 0.3) is 0 Å². The van der Waals surface area contributed by atoms with Crippen LogP contribution >= 0.6 is 23.4 Å². The minimum absolute atomic E-state index is 0.0435. The second-order valence-corrected chi connectivity index (χ2v) is 7.06. The van der Waals surface area contributed by atoms with Crippen LogP contribution in [0.3, 0.4) is 0 Å². The lowest BCUT2D eigenvalue weighted by Crippen LogP contribution is -2.47. The first kappa shape index (κ1) is 15.5. The maximum Gasteiger partial charge on any atom is 0.241 e. The Balaban J connectivity index is 2.02. The summed E-state index contributed by atoms with van der Waals surface area (Å²) in [5, 5.41) is 3.99. The Morgan fingerprint density at radius 1 is 1.60 bits per heavy atom. The molecule has 1 fully saturated rings. The van der Waals surface area contributed by atoms with E-state index in [1.807, 2.05) is 18.7 Å². The van der Waals surface area contributed by atoms with Crippen LogP contribution in [0.1, 0.15) is 13.8 Å². The number of carbonyl (C=O) groups is 1. The summed E-state index contributed by atoms with van der Waals surface area (Å²) in [6, 6.07) is 4.91. The number of hydrogen-bond acceptors (Lipinski definition) is 4. The molecule has 1 aromatic rings. The Labute approximate surface area is 129 Å². The van der Waals surface area contributed by atoms with E-state index in [-0.39, 0.29) is 11.9 Å². The average Bonchev–Trinajstić information content (AvgIpc) is 2.42. The summed E-state index contributed by atoms with van der Waals surface area (Å²) in [4.78, 5) is 14.5. The van der Waals surface area contributed by atoms with Crippen molar-refractivity contribution in [2.75, 3.05) is 29.9 Å². The number of nitrogens with one attached hydrogen (secondary N) is 1. The van der Waals surface area contributed by atoms with E-state index in [2.05, 4.69) is 17.1 Å². The fourth-order valence-electron chi connectivity index (χ4n) is 2.24. The minimum Gasteiger partial charge on any atom is -0.397 e. The SMILES string of the molecule is CC1CN(C(C)C(=O)Nc2cc(Cl)ccc2N)CCS1. The van der Waals surface area contributed by atoms with E-state index in [4.69, 9.17) is 17.3 Å². The van der Waals surface area contributed by atoms with Crippen LogP contribution in [0.2, 0.25) is 5.02 Å². The van der Waals surface area contributed by atoms with Gasteiger partial charge in [0.2, 0.25) is 5.91 Å². The summed E-state index contributed by atoms with van der Waals surface area (Å²) in [5.41, 5.74) is 6.95. The van der Waals surface area contributed by atoms with Crippen molar-refractivity contribution in [3.8, 4) is 0 Å². The lowest BCUT2D eigenvalue weighted by atomic mass is 10.2. The molecule has 0 spiro atoms. The lowest BCUT2D eigenvalue weighted by molar-refractivity contribution is -0.120. The molecule has 1 aromatic carbocycles. The third kappa shape index (κ3) is 3.81. The molecule has 2 atom stereocenters. The number of benzene rings is 1. The van der Waals surface area contributed by atoms with Crippen molar-refractivity contribution in [2.45, 2.75) is 25.1 Å². The van der Waals surface area contributed by atoms with Crippen molar-refractivity contribution in [1.82, 2.24) is 4.90 Å². The van der Waals surface area contributed by atoms with Crippen LogP contribution in [0.4, 0.5) is 11.4 Å². The fourth-order valence-corrected chi connectivity index (χ4v) is 3.45. The van der Waals surface area contributed by atoms with Gasteiger partial charge in [-0.15, -0.1) is 0 Å². The van der Waals surface area contributed by atoms with Crippen molar-refractivity contribution in [2.24, 2.45) is 0 Å². The average molecular weight is 314 g/mol. The highest BCUT2D eigenvalue weighted by molar-refractivity contribution is 7.99. The molecule has 1 aliphatic rings. The molecule has 6 heteroatoms. The molecular formula is C14H20ClN3OS. The highest BCUT2D eigenvalue weighted by Gasteiger charge is 2.26. The zero-order chi connectivity index (χ0) is 14.7. The molecule has 1 heterocycles. The van der Waals surface area contributed by atoms with E-state index in [0.29, 0.717) is 21.6 Å². The second-order valence-electron chi connectivity index (χ2n) is 5.07. The zero-order valence-corrected chi connectivity index (χ0v) is 13.3. The molecule has 1 saturated heterocycles. The van der Waals surface area contributed by atoms with Gasteiger partial charge in [0.1, 0.15) is 0 Å². The van der Waals surface area contributed by atoms with Gasteiger partial charge < -0.3 is 11.1 Å². The van der Waals surface area contributed by atoms with Crippen molar-refractivity contribution >= 4 is 40.6 Å². The molecule has 1 amide bonds. The minimum atomic E-state index is -0.170. The molecule has 0 aliphatic carbocycles. The van der Waals surface area contributed by atoms with Crippen LogP contribution in [0, 0.1) is 0 Å². The molecule has 2 rings (SSSR count).